The van der Waals surface area contributed by atoms with Crippen molar-refractivity contribution in [2.45, 2.75) is 44.1 Å². The van der Waals surface area contributed by atoms with Gasteiger partial charge in [0.15, 0.2) is 0 Å². The number of benzene rings is 1. The fraction of sp³-hybridized carbons (Fsp3) is 0.500. The van der Waals surface area contributed by atoms with Gasteiger partial charge in [-0.25, -0.2) is 13.6 Å². The molecule has 1 fully saturated rings. The Kier molecular flexibility index (Phi) is 4.78. The molecule has 0 radical (unpaired) electrons. The number of halogens is 2. The largest absolute Gasteiger partial charge is 0.479 e. The summed E-state index contributed by atoms with van der Waals surface area (Å²) >= 11 is 0. The van der Waals surface area contributed by atoms with E-state index in [1.807, 2.05) is 0 Å². The van der Waals surface area contributed by atoms with E-state index in [-0.39, 0.29) is 5.56 Å². The van der Waals surface area contributed by atoms with Crippen LogP contribution in [0.25, 0.3) is 0 Å². The monoisotopic (exact) mass is 311 g/mol. The molecule has 0 aliphatic heterocycles. The van der Waals surface area contributed by atoms with Crippen LogP contribution in [0.2, 0.25) is 0 Å². The number of likely N-dealkylation sites (N-methyl/N-ethyl adjacent to an activating group) is 1. The van der Waals surface area contributed by atoms with Crippen molar-refractivity contribution in [3.8, 4) is 0 Å². The van der Waals surface area contributed by atoms with Crippen LogP contribution in [0.3, 0.4) is 0 Å². The number of rotatable bonds is 4. The molecule has 0 heterocycles. The summed E-state index contributed by atoms with van der Waals surface area (Å²) < 4.78 is 27.3. The van der Waals surface area contributed by atoms with E-state index in [1.165, 1.54) is 13.1 Å². The van der Waals surface area contributed by atoms with Crippen LogP contribution in [0.1, 0.15) is 37.7 Å². The predicted octanol–water partition coefficient (Wildman–Crippen LogP) is 2.75. The van der Waals surface area contributed by atoms with Crippen molar-refractivity contribution in [2.75, 3.05) is 7.05 Å². The van der Waals surface area contributed by atoms with E-state index in [4.69, 9.17) is 0 Å². The topological polar surface area (TPSA) is 57.6 Å². The summed E-state index contributed by atoms with van der Waals surface area (Å²) in [7, 11) is 1.40. The summed E-state index contributed by atoms with van der Waals surface area (Å²) in [6, 6.07) is 3.39. The van der Waals surface area contributed by atoms with Crippen molar-refractivity contribution < 1.29 is 23.5 Å². The van der Waals surface area contributed by atoms with E-state index >= 15 is 0 Å². The molecule has 1 aromatic carbocycles. The van der Waals surface area contributed by atoms with Gasteiger partial charge in [-0.3, -0.25) is 4.79 Å². The molecule has 1 amide bonds. The molecular weight excluding hydrogens is 292 g/mol. The van der Waals surface area contributed by atoms with Gasteiger partial charge in [-0.1, -0.05) is 25.3 Å². The third kappa shape index (κ3) is 2.96. The first-order valence-corrected chi connectivity index (χ1v) is 7.31. The molecule has 0 atom stereocenters. The van der Waals surface area contributed by atoms with Crippen LogP contribution in [-0.4, -0.2) is 34.5 Å². The lowest BCUT2D eigenvalue weighted by Crippen LogP contribution is -2.56. The first-order valence-electron chi connectivity index (χ1n) is 7.31. The molecule has 6 heteroatoms. The predicted molar refractivity (Wildman–Crippen MR) is 76.3 cm³/mol. The van der Waals surface area contributed by atoms with Crippen molar-refractivity contribution in [1.29, 1.82) is 0 Å². The summed E-state index contributed by atoms with van der Waals surface area (Å²) in [6.45, 7) is 0. The Labute approximate surface area is 127 Å². The number of amides is 1. The second kappa shape index (κ2) is 6.42. The maximum atomic E-state index is 13.6. The van der Waals surface area contributed by atoms with Crippen molar-refractivity contribution in [3.05, 3.63) is 35.4 Å². The molecule has 0 bridgehead atoms. The first-order chi connectivity index (χ1) is 10.4. The molecular formula is C16H19F2NO3. The van der Waals surface area contributed by atoms with Crippen LogP contribution < -0.4 is 0 Å². The van der Waals surface area contributed by atoms with Crippen LogP contribution >= 0.6 is 0 Å². The van der Waals surface area contributed by atoms with Crippen LogP contribution in [-0.2, 0) is 16.0 Å². The third-order valence-corrected chi connectivity index (χ3v) is 4.48. The quantitative estimate of drug-likeness (QED) is 0.930. The molecule has 22 heavy (non-hydrogen) atoms. The second-order valence-electron chi connectivity index (χ2n) is 5.73. The Bertz CT molecular complexity index is 563. The number of carbonyl (C=O) groups excluding carboxylic acids is 1. The average molecular weight is 311 g/mol. The summed E-state index contributed by atoms with van der Waals surface area (Å²) in [4.78, 5) is 25.2. The number of aliphatic carboxylic acids is 1. The van der Waals surface area contributed by atoms with E-state index < -0.39 is 35.5 Å². The highest BCUT2D eigenvalue weighted by Gasteiger charge is 2.45. The minimum absolute atomic E-state index is 0.323. The Morgan fingerprint density at radius 3 is 2.23 bits per heavy atom. The van der Waals surface area contributed by atoms with Crippen molar-refractivity contribution >= 4 is 11.9 Å². The lowest BCUT2D eigenvalue weighted by atomic mass is 9.80. The van der Waals surface area contributed by atoms with E-state index in [0.717, 1.165) is 36.3 Å². The number of hydrogen-bond donors (Lipinski definition) is 1. The molecule has 2 rings (SSSR count). The van der Waals surface area contributed by atoms with E-state index in [0.29, 0.717) is 12.8 Å². The fourth-order valence-electron chi connectivity index (χ4n) is 3.04. The number of nitrogens with zero attached hydrogens (tertiary/aromatic N) is 1. The Morgan fingerprint density at radius 1 is 1.18 bits per heavy atom. The van der Waals surface area contributed by atoms with Crippen LogP contribution in [0.4, 0.5) is 8.78 Å². The van der Waals surface area contributed by atoms with Crippen LogP contribution in [0, 0.1) is 11.6 Å². The molecule has 120 valence electrons. The zero-order valence-corrected chi connectivity index (χ0v) is 12.4. The molecule has 4 nitrogen and oxygen atoms in total. The number of hydrogen-bond acceptors (Lipinski definition) is 2. The first kappa shape index (κ1) is 16.4. The Morgan fingerprint density at radius 2 is 1.73 bits per heavy atom. The smallest absolute Gasteiger partial charge is 0.329 e. The summed E-state index contributed by atoms with van der Waals surface area (Å²) in [5, 5.41) is 9.54. The maximum absolute atomic E-state index is 13.6. The summed E-state index contributed by atoms with van der Waals surface area (Å²) in [5.74, 6) is -3.24. The number of carboxylic acid groups (broad SMARTS) is 1. The maximum Gasteiger partial charge on any atom is 0.329 e. The van der Waals surface area contributed by atoms with Crippen LogP contribution in [0.15, 0.2) is 18.2 Å². The van der Waals surface area contributed by atoms with Gasteiger partial charge in [-0.05, 0) is 25.0 Å². The van der Waals surface area contributed by atoms with E-state index in [1.54, 1.807) is 0 Å². The molecule has 1 aliphatic rings. The summed E-state index contributed by atoms with van der Waals surface area (Å²) in [6.07, 6.45) is 2.62. The van der Waals surface area contributed by atoms with E-state index in [2.05, 4.69) is 0 Å². The minimum Gasteiger partial charge on any atom is -0.479 e. The van der Waals surface area contributed by atoms with Crippen LogP contribution in [0.5, 0.6) is 0 Å². The molecule has 0 spiro atoms. The van der Waals surface area contributed by atoms with Crippen molar-refractivity contribution in [3.63, 3.8) is 0 Å². The summed E-state index contributed by atoms with van der Waals surface area (Å²) in [5.41, 5.74) is -1.59. The SMILES string of the molecule is CN(C(=O)Cc1c(F)cccc1F)C1(C(=O)O)CCCCC1. The second-order valence-corrected chi connectivity index (χ2v) is 5.73. The van der Waals surface area contributed by atoms with Gasteiger partial charge in [0.2, 0.25) is 5.91 Å². The number of carboxylic acids is 1. The van der Waals surface area contributed by atoms with Gasteiger partial charge >= 0.3 is 5.97 Å². The molecule has 1 saturated carbocycles. The fourth-order valence-corrected chi connectivity index (χ4v) is 3.04. The van der Waals surface area contributed by atoms with Gasteiger partial charge in [0, 0.05) is 12.6 Å². The lowest BCUT2D eigenvalue weighted by Gasteiger charge is -2.41. The van der Waals surface area contributed by atoms with Crippen molar-refractivity contribution in [1.82, 2.24) is 4.90 Å². The molecule has 1 aliphatic carbocycles. The normalized spacial score (nSPS) is 17.0. The molecule has 0 unspecified atom stereocenters. The third-order valence-electron chi connectivity index (χ3n) is 4.48. The van der Waals surface area contributed by atoms with Crippen molar-refractivity contribution in [2.24, 2.45) is 0 Å². The van der Waals surface area contributed by atoms with Gasteiger partial charge in [-0.15, -0.1) is 0 Å². The van der Waals surface area contributed by atoms with E-state index in [9.17, 15) is 23.5 Å². The number of carbonyl (C=O) groups is 2. The molecule has 1 aromatic rings. The van der Waals surface area contributed by atoms with Gasteiger partial charge < -0.3 is 10.0 Å². The highest BCUT2D eigenvalue weighted by molar-refractivity contribution is 5.88. The standard InChI is InChI=1S/C16H19F2NO3/c1-19(16(15(21)22)8-3-2-4-9-16)14(20)10-11-12(17)6-5-7-13(11)18/h5-7H,2-4,8-10H2,1H3,(H,21,22). The zero-order chi connectivity index (χ0) is 16.3. The van der Waals surface area contributed by atoms with Gasteiger partial charge in [0.1, 0.15) is 17.2 Å². The zero-order valence-electron chi connectivity index (χ0n) is 12.4. The highest BCUT2D eigenvalue weighted by atomic mass is 19.1. The Hall–Kier alpha value is -1.98. The lowest BCUT2D eigenvalue weighted by molar-refractivity contribution is -0.160. The minimum atomic E-state index is -1.27. The Balaban J connectivity index is 2.22. The van der Waals surface area contributed by atoms with Gasteiger partial charge in [-0.2, -0.15) is 0 Å². The average Bonchev–Trinajstić information content (AvgIpc) is 2.50. The molecule has 1 N–H and O–H groups in total. The molecule has 0 aromatic heterocycles. The van der Waals surface area contributed by atoms with Gasteiger partial charge in [0.25, 0.3) is 0 Å². The highest BCUT2D eigenvalue weighted by Crippen LogP contribution is 2.33. The van der Waals surface area contributed by atoms with Gasteiger partial charge in [0.05, 0.1) is 6.42 Å². The molecule has 0 saturated heterocycles.